The van der Waals surface area contributed by atoms with Gasteiger partial charge in [-0.25, -0.2) is 23.1 Å². The maximum Gasteiger partial charge on any atom is 0.290 e. The quantitative estimate of drug-likeness (QED) is 0.450. The summed E-state index contributed by atoms with van der Waals surface area (Å²) in [6, 6.07) is 12.0. The number of carbonyl (C=O) groups excluding carboxylic acids is 2. The van der Waals surface area contributed by atoms with Gasteiger partial charge in [0.05, 0.1) is 15.5 Å². The number of hydrogen-bond donors (Lipinski definition) is 2. The van der Waals surface area contributed by atoms with Crippen LogP contribution in [0.4, 0.5) is 10.7 Å². The molecule has 1 aromatic heterocycles. The van der Waals surface area contributed by atoms with Crippen molar-refractivity contribution in [1.29, 1.82) is 0 Å². The number of imide groups is 1. The highest BCUT2D eigenvalue weighted by atomic mass is 35.5. The van der Waals surface area contributed by atoms with Crippen LogP contribution in [0.5, 0.6) is 0 Å². The normalized spacial score (nSPS) is 18.2. The molecule has 186 valence electrons. The second-order valence-electron chi connectivity index (χ2n) is 8.54. The molecule has 2 saturated heterocycles. The van der Waals surface area contributed by atoms with Crippen LogP contribution < -0.4 is 14.9 Å². The Morgan fingerprint density at radius 3 is 2.72 bits per heavy atom. The second-order valence-corrected chi connectivity index (χ2v) is 11.7. The lowest BCUT2D eigenvalue weighted by Gasteiger charge is -2.32. The minimum atomic E-state index is -3.65. The molecule has 2 N–H and O–H groups in total. The Kier molecular flexibility index (Phi) is 6.98. The van der Waals surface area contributed by atoms with Gasteiger partial charge in [0.25, 0.3) is 11.1 Å². The first kappa shape index (κ1) is 24.7. The summed E-state index contributed by atoms with van der Waals surface area (Å²) in [6.45, 7) is 1.69. The third-order valence-electron chi connectivity index (χ3n) is 6.15. The fourth-order valence-corrected chi connectivity index (χ4v) is 6.25. The monoisotopic (exact) mass is 543 g/mol. The number of benzene rings is 2. The minimum Gasteiger partial charge on any atom is -0.341 e. The smallest absolute Gasteiger partial charge is 0.290 e. The van der Waals surface area contributed by atoms with Crippen LogP contribution in [0.15, 0.2) is 58.5 Å². The third kappa shape index (κ3) is 5.39. The number of anilines is 1. The predicted octanol–water partition coefficient (Wildman–Crippen LogP) is 3.80. The Bertz CT molecular complexity index is 1490. The summed E-state index contributed by atoms with van der Waals surface area (Å²) in [6.07, 6.45) is 4.73. The molecule has 3 aromatic rings. The number of aromatic nitrogens is 2. The average Bonchev–Trinajstić information content (AvgIpc) is 3.19. The zero-order chi connectivity index (χ0) is 25.3. The van der Waals surface area contributed by atoms with E-state index in [1.54, 1.807) is 48.7 Å². The number of carbonyl (C=O) groups is 2. The van der Waals surface area contributed by atoms with Gasteiger partial charge in [-0.15, -0.1) is 0 Å². The van der Waals surface area contributed by atoms with Gasteiger partial charge in [0, 0.05) is 36.2 Å². The number of amides is 2. The van der Waals surface area contributed by atoms with Gasteiger partial charge in [-0.1, -0.05) is 29.8 Å². The lowest BCUT2D eigenvalue weighted by molar-refractivity contribution is -0.115. The van der Waals surface area contributed by atoms with E-state index < -0.39 is 21.2 Å². The van der Waals surface area contributed by atoms with Crippen molar-refractivity contribution >= 4 is 67.3 Å². The molecule has 2 aliphatic heterocycles. The van der Waals surface area contributed by atoms with E-state index in [0.717, 1.165) is 35.4 Å². The van der Waals surface area contributed by atoms with Crippen molar-refractivity contribution in [2.45, 2.75) is 17.7 Å². The summed E-state index contributed by atoms with van der Waals surface area (Å²) in [5.74, 6) is 0.287. The maximum absolute atomic E-state index is 12.9. The Labute approximate surface area is 217 Å². The largest absolute Gasteiger partial charge is 0.341 e. The molecule has 12 heteroatoms. The molecular weight excluding hydrogens is 522 g/mol. The molecule has 2 amide bonds. The Morgan fingerprint density at radius 2 is 1.97 bits per heavy atom. The van der Waals surface area contributed by atoms with E-state index in [1.165, 1.54) is 0 Å². The van der Waals surface area contributed by atoms with E-state index in [4.69, 9.17) is 11.6 Å². The van der Waals surface area contributed by atoms with Gasteiger partial charge < -0.3 is 4.90 Å². The van der Waals surface area contributed by atoms with Crippen molar-refractivity contribution in [3.8, 4) is 0 Å². The first-order chi connectivity index (χ1) is 17.3. The first-order valence-corrected chi connectivity index (χ1v) is 14.0. The van der Waals surface area contributed by atoms with E-state index in [1.807, 2.05) is 11.0 Å². The van der Waals surface area contributed by atoms with Gasteiger partial charge >= 0.3 is 0 Å². The van der Waals surface area contributed by atoms with Crippen molar-refractivity contribution in [3.05, 3.63) is 64.3 Å². The van der Waals surface area contributed by atoms with Crippen LogP contribution in [0.2, 0.25) is 5.02 Å². The highest BCUT2D eigenvalue weighted by molar-refractivity contribution is 8.18. The van der Waals surface area contributed by atoms with Crippen molar-refractivity contribution < 1.29 is 18.0 Å². The van der Waals surface area contributed by atoms with Gasteiger partial charge in [0.15, 0.2) is 0 Å². The predicted molar refractivity (Wildman–Crippen MR) is 140 cm³/mol. The van der Waals surface area contributed by atoms with Crippen molar-refractivity contribution in [3.63, 3.8) is 0 Å². The number of fused-ring (bicyclic) bond motifs is 1. The molecule has 36 heavy (non-hydrogen) atoms. The van der Waals surface area contributed by atoms with Crippen LogP contribution >= 0.6 is 23.4 Å². The molecule has 9 nitrogen and oxygen atoms in total. The summed E-state index contributed by atoms with van der Waals surface area (Å²) in [5, 5.41) is 3.99. The van der Waals surface area contributed by atoms with Crippen LogP contribution in [0.25, 0.3) is 16.8 Å². The molecule has 2 aromatic carbocycles. The minimum absolute atomic E-state index is 0.181. The van der Waals surface area contributed by atoms with Gasteiger partial charge in [0.2, 0.25) is 16.0 Å². The molecule has 0 radical (unpaired) electrons. The second kappa shape index (κ2) is 10.2. The number of nitrogens with one attached hydrogen (secondary N) is 2. The highest BCUT2D eigenvalue weighted by Crippen LogP contribution is 2.27. The molecule has 0 unspecified atom stereocenters. The topological polar surface area (TPSA) is 121 Å². The summed E-state index contributed by atoms with van der Waals surface area (Å²) < 4.78 is 28.5. The van der Waals surface area contributed by atoms with Gasteiger partial charge in [-0.2, -0.15) is 0 Å². The number of nitrogens with zero attached hydrogens (tertiary/aromatic N) is 3. The van der Waals surface area contributed by atoms with E-state index in [-0.39, 0.29) is 10.8 Å². The van der Waals surface area contributed by atoms with Gasteiger partial charge in [-0.05, 0) is 66.2 Å². The molecule has 0 saturated carbocycles. The Hall–Kier alpha value is -2.99. The molecular formula is C24H22ClN5O4S2. The third-order valence-corrected chi connectivity index (χ3v) is 8.72. The SMILES string of the molecule is O=C1NC(=O)/C(=C/c2ccnc(N3CCC(CNS(=O)(=O)c4ccc5c(Cl)cccc5c4)CC3)n2)S1. The van der Waals surface area contributed by atoms with Gasteiger partial charge in [-0.3, -0.25) is 14.9 Å². The molecule has 2 fully saturated rings. The molecule has 0 atom stereocenters. The number of hydrogen-bond acceptors (Lipinski definition) is 8. The molecule has 0 aliphatic carbocycles. The lowest BCUT2D eigenvalue weighted by atomic mass is 9.97. The van der Waals surface area contributed by atoms with Crippen LogP contribution in [-0.2, 0) is 14.8 Å². The number of sulfonamides is 1. The summed E-state index contributed by atoms with van der Waals surface area (Å²) >= 11 is 7.03. The fraction of sp³-hybridized carbons (Fsp3) is 0.250. The average molecular weight is 544 g/mol. The summed E-state index contributed by atoms with van der Waals surface area (Å²) in [7, 11) is -3.65. The zero-order valence-electron chi connectivity index (χ0n) is 19.0. The number of rotatable bonds is 6. The Balaban J connectivity index is 1.19. The lowest BCUT2D eigenvalue weighted by Crippen LogP contribution is -2.39. The van der Waals surface area contributed by atoms with E-state index in [2.05, 4.69) is 20.0 Å². The standard InChI is InChI=1S/C24H22ClN5O4S2/c25-20-3-1-2-16-12-18(4-5-19(16)20)36(33,34)27-14-15-7-10-30(11-8-15)23-26-9-6-17(28-23)13-21-22(31)29-24(32)35-21/h1-6,9,12-13,15,27H,7-8,10-11,14H2,(H,29,31,32)/b21-13-. The van der Waals surface area contributed by atoms with Crippen LogP contribution in [-0.4, -0.2) is 49.2 Å². The first-order valence-electron chi connectivity index (χ1n) is 11.3. The van der Waals surface area contributed by atoms with Crippen molar-refractivity contribution in [1.82, 2.24) is 20.0 Å². The molecule has 5 rings (SSSR count). The van der Waals surface area contributed by atoms with Crippen LogP contribution in [0.3, 0.4) is 0 Å². The fourth-order valence-electron chi connectivity index (χ4n) is 4.19. The zero-order valence-corrected chi connectivity index (χ0v) is 21.4. The molecule has 0 bridgehead atoms. The van der Waals surface area contributed by atoms with Crippen LogP contribution in [0, 0.1) is 5.92 Å². The summed E-state index contributed by atoms with van der Waals surface area (Å²) in [5.41, 5.74) is 0.541. The van der Waals surface area contributed by atoms with Gasteiger partial charge in [0.1, 0.15) is 0 Å². The highest BCUT2D eigenvalue weighted by Gasteiger charge is 2.26. The number of thioether (sulfide) groups is 1. The molecule has 3 heterocycles. The van der Waals surface area contributed by atoms with Crippen molar-refractivity contribution in [2.24, 2.45) is 5.92 Å². The van der Waals surface area contributed by atoms with E-state index in [9.17, 15) is 18.0 Å². The molecule has 2 aliphatic rings. The maximum atomic E-state index is 12.9. The Morgan fingerprint density at radius 1 is 1.17 bits per heavy atom. The van der Waals surface area contributed by atoms with Crippen LogP contribution in [0.1, 0.15) is 18.5 Å². The summed E-state index contributed by atoms with van der Waals surface area (Å²) in [4.78, 5) is 34.5. The van der Waals surface area contributed by atoms with Crippen molar-refractivity contribution in [2.75, 3.05) is 24.5 Å². The number of piperidine rings is 1. The van der Waals surface area contributed by atoms with E-state index in [0.29, 0.717) is 41.2 Å². The van der Waals surface area contributed by atoms with E-state index >= 15 is 0 Å². The molecule has 0 spiro atoms. The number of halogens is 1.